The van der Waals surface area contributed by atoms with E-state index in [1.165, 1.54) is 31.4 Å². The summed E-state index contributed by atoms with van der Waals surface area (Å²) in [5.41, 5.74) is 5.12. The Bertz CT molecular complexity index is 760. The van der Waals surface area contributed by atoms with Gasteiger partial charge in [-0.25, -0.2) is 0 Å². The quantitative estimate of drug-likeness (QED) is 0.925. The average molecular weight is 331 g/mol. The van der Waals surface area contributed by atoms with Crippen LogP contribution in [0.3, 0.4) is 0 Å². The molecule has 1 N–H and O–H groups in total. The second-order valence-electron chi connectivity index (χ2n) is 7.22. The highest BCUT2D eigenvalue weighted by Gasteiger charge is 2.26. The van der Waals surface area contributed by atoms with E-state index < -0.39 is 0 Å². The fraction of sp³-hybridized carbons (Fsp3) is 0.409. The summed E-state index contributed by atoms with van der Waals surface area (Å²) in [4.78, 5) is 2.53. The maximum atomic E-state index is 9.00. The number of fused-ring (bicyclic) bond motifs is 1. The van der Waals surface area contributed by atoms with Crippen LogP contribution in [-0.4, -0.2) is 25.7 Å². The van der Waals surface area contributed by atoms with Crippen molar-refractivity contribution < 1.29 is 0 Å². The van der Waals surface area contributed by atoms with Crippen molar-refractivity contribution in [3.63, 3.8) is 0 Å². The van der Waals surface area contributed by atoms with Crippen molar-refractivity contribution in [1.29, 1.82) is 5.26 Å². The van der Waals surface area contributed by atoms with Gasteiger partial charge < -0.3 is 10.2 Å². The van der Waals surface area contributed by atoms with Gasteiger partial charge in [-0.2, -0.15) is 5.26 Å². The summed E-state index contributed by atoms with van der Waals surface area (Å²) >= 11 is 0. The maximum Gasteiger partial charge on any atom is 0.0991 e. The molecule has 0 radical (unpaired) electrons. The second-order valence-corrected chi connectivity index (χ2v) is 7.22. The molecule has 25 heavy (non-hydrogen) atoms. The smallest absolute Gasteiger partial charge is 0.0991 e. The molecule has 2 unspecified atom stereocenters. The largest absolute Gasteiger partial charge is 0.366 e. The number of anilines is 1. The van der Waals surface area contributed by atoms with E-state index in [1.807, 2.05) is 12.1 Å². The number of hydrogen-bond donors (Lipinski definition) is 1. The minimum Gasteiger partial charge on any atom is -0.366 e. The van der Waals surface area contributed by atoms with Crippen molar-refractivity contribution in [3.8, 4) is 6.07 Å². The van der Waals surface area contributed by atoms with Crippen LogP contribution in [0.2, 0.25) is 0 Å². The second kappa shape index (κ2) is 7.29. The van der Waals surface area contributed by atoms with Gasteiger partial charge in [0.05, 0.1) is 11.6 Å². The minimum absolute atomic E-state index is 0.537. The van der Waals surface area contributed by atoms with Gasteiger partial charge in [0.25, 0.3) is 0 Å². The van der Waals surface area contributed by atoms with Crippen LogP contribution in [0.1, 0.15) is 41.9 Å². The third kappa shape index (κ3) is 3.41. The minimum atomic E-state index is 0.537. The molecule has 2 aliphatic rings. The zero-order valence-corrected chi connectivity index (χ0v) is 14.6. The molecule has 1 fully saturated rings. The van der Waals surface area contributed by atoms with E-state index >= 15 is 0 Å². The molecule has 0 aromatic heterocycles. The molecule has 1 aliphatic heterocycles. The zero-order chi connectivity index (χ0) is 17.1. The van der Waals surface area contributed by atoms with Crippen molar-refractivity contribution in [1.82, 2.24) is 5.32 Å². The Balaban J connectivity index is 1.44. The van der Waals surface area contributed by atoms with E-state index in [0.29, 0.717) is 6.04 Å². The standard InChI is InChI=1S/C22H25N3/c23-15-17-5-10-20(11-6-17)25-14-13-24-16-21(25)12-9-19-8-7-18-3-1-2-4-22(18)19/h1-6,10-11,19,21,24H,7-9,12-14,16H2. The summed E-state index contributed by atoms with van der Waals surface area (Å²) in [6.07, 6.45) is 5.02. The summed E-state index contributed by atoms with van der Waals surface area (Å²) in [6.45, 7) is 3.12. The van der Waals surface area contributed by atoms with Gasteiger partial charge in [-0.05, 0) is 67.0 Å². The number of nitrogens with zero attached hydrogens (tertiary/aromatic N) is 2. The molecule has 1 heterocycles. The lowest BCUT2D eigenvalue weighted by atomic mass is 9.93. The number of rotatable bonds is 4. The number of aryl methyl sites for hydroxylation is 1. The Hall–Kier alpha value is -2.31. The van der Waals surface area contributed by atoms with Crippen LogP contribution in [0.15, 0.2) is 48.5 Å². The van der Waals surface area contributed by atoms with Crippen molar-refractivity contribution in [2.75, 3.05) is 24.5 Å². The first kappa shape index (κ1) is 16.2. The fourth-order valence-corrected chi connectivity index (χ4v) is 4.42. The topological polar surface area (TPSA) is 39.1 Å². The molecule has 2 aromatic rings. The van der Waals surface area contributed by atoms with Gasteiger partial charge in [0, 0.05) is 31.4 Å². The van der Waals surface area contributed by atoms with Gasteiger partial charge in [-0.15, -0.1) is 0 Å². The van der Waals surface area contributed by atoms with Crippen molar-refractivity contribution in [2.45, 2.75) is 37.6 Å². The summed E-state index contributed by atoms with van der Waals surface area (Å²) in [5.74, 6) is 0.723. The molecular weight excluding hydrogens is 306 g/mol. The molecule has 1 aliphatic carbocycles. The van der Waals surface area contributed by atoms with Crippen molar-refractivity contribution >= 4 is 5.69 Å². The zero-order valence-electron chi connectivity index (χ0n) is 14.6. The SMILES string of the molecule is N#Cc1ccc(N2CCNCC2CCC2CCc3ccccc32)cc1. The summed E-state index contributed by atoms with van der Waals surface area (Å²) < 4.78 is 0. The fourth-order valence-electron chi connectivity index (χ4n) is 4.42. The average Bonchev–Trinajstić information content (AvgIpc) is 3.10. The highest BCUT2D eigenvalue weighted by atomic mass is 15.2. The van der Waals surface area contributed by atoms with Gasteiger partial charge in [0.15, 0.2) is 0 Å². The molecule has 3 nitrogen and oxygen atoms in total. The van der Waals surface area contributed by atoms with E-state index in [0.717, 1.165) is 31.1 Å². The lowest BCUT2D eigenvalue weighted by Crippen LogP contribution is -2.51. The van der Waals surface area contributed by atoms with Crippen molar-refractivity contribution in [2.24, 2.45) is 0 Å². The predicted octanol–water partition coefficient (Wildman–Crippen LogP) is 3.85. The first-order valence-electron chi connectivity index (χ1n) is 9.40. The highest BCUT2D eigenvalue weighted by molar-refractivity contribution is 5.51. The van der Waals surface area contributed by atoms with Gasteiger partial charge in [-0.1, -0.05) is 24.3 Å². The van der Waals surface area contributed by atoms with Gasteiger partial charge >= 0.3 is 0 Å². The number of nitrogens with one attached hydrogen (secondary N) is 1. The van der Waals surface area contributed by atoms with E-state index in [-0.39, 0.29) is 0 Å². The summed E-state index contributed by atoms with van der Waals surface area (Å²) in [5, 5.41) is 12.6. The predicted molar refractivity (Wildman–Crippen MR) is 102 cm³/mol. The Morgan fingerprint density at radius 2 is 1.92 bits per heavy atom. The molecule has 0 spiro atoms. The lowest BCUT2D eigenvalue weighted by Gasteiger charge is -2.38. The third-order valence-corrected chi connectivity index (χ3v) is 5.78. The number of benzene rings is 2. The first-order valence-corrected chi connectivity index (χ1v) is 9.40. The Morgan fingerprint density at radius 1 is 1.08 bits per heavy atom. The third-order valence-electron chi connectivity index (χ3n) is 5.78. The molecule has 0 bridgehead atoms. The number of piperazine rings is 1. The van der Waals surface area contributed by atoms with Crippen LogP contribution in [-0.2, 0) is 6.42 Å². The Kier molecular flexibility index (Phi) is 4.72. The van der Waals surface area contributed by atoms with Crippen LogP contribution in [0, 0.1) is 11.3 Å². The summed E-state index contributed by atoms with van der Waals surface area (Å²) in [7, 11) is 0. The van der Waals surface area contributed by atoms with Gasteiger partial charge in [0.2, 0.25) is 0 Å². The van der Waals surface area contributed by atoms with Gasteiger partial charge in [0.1, 0.15) is 0 Å². The van der Waals surface area contributed by atoms with Crippen LogP contribution in [0.5, 0.6) is 0 Å². The van der Waals surface area contributed by atoms with Crippen LogP contribution < -0.4 is 10.2 Å². The van der Waals surface area contributed by atoms with E-state index in [2.05, 4.69) is 52.7 Å². The van der Waals surface area contributed by atoms with Crippen LogP contribution >= 0.6 is 0 Å². The van der Waals surface area contributed by atoms with E-state index in [9.17, 15) is 0 Å². The maximum absolute atomic E-state index is 9.00. The monoisotopic (exact) mass is 331 g/mol. The molecule has 0 amide bonds. The molecule has 2 atom stereocenters. The number of hydrogen-bond acceptors (Lipinski definition) is 3. The van der Waals surface area contributed by atoms with Gasteiger partial charge in [-0.3, -0.25) is 0 Å². The molecule has 0 saturated carbocycles. The summed E-state index contributed by atoms with van der Waals surface area (Å²) in [6, 6.07) is 19.8. The Labute approximate surface area is 150 Å². The molecule has 3 heteroatoms. The van der Waals surface area contributed by atoms with E-state index in [1.54, 1.807) is 11.1 Å². The normalized spacial score (nSPS) is 22.4. The van der Waals surface area contributed by atoms with Crippen molar-refractivity contribution in [3.05, 3.63) is 65.2 Å². The molecule has 128 valence electrons. The molecular formula is C22H25N3. The van der Waals surface area contributed by atoms with Crippen LogP contribution in [0.4, 0.5) is 5.69 Å². The number of nitriles is 1. The first-order chi connectivity index (χ1) is 12.3. The molecule has 2 aromatic carbocycles. The molecule has 1 saturated heterocycles. The van der Waals surface area contributed by atoms with Crippen LogP contribution in [0.25, 0.3) is 0 Å². The molecule has 4 rings (SSSR count). The Morgan fingerprint density at radius 3 is 2.76 bits per heavy atom. The van der Waals surface area contributed by atoms with E-state index in [4.69, 9.17) is 5.26 Å². The highest BCUT2D eigenvalue weighted by Crippen LogP contribution is 2.37. The lowest BCUT2D eigenvalue weighted by molar-refractivity contribution is 0.427.